The van der Waals surface area contributed by atoms with Crippen molar-refractivity contribution >= 4 is 16.6 Å². The van der Waals surface area contributed by atoms with Gasteiger partial charge in [-0.3, -0.25) is 15.1 Å². The Labute approximate surface area is 156 Å². The monoisotopic (exact) mass is 356 g/mol. The number of non-ortho nitro benzene ring substituents is 1. The van der Waals surface area contributed by atoms with E-state index in [1.54, 1.807) is 25.4 Å². The lowest BCUT2D eigenvalue weighted by Crippen LogP contribution is -1.93. The van der Waals surface area contributed by atoms with Crippen molar-refractivity contribution in [2.24, 2.45) is 0 Å². The summed E-state index contributed by atoms with van der Waals surface area (Å²) in [6, 6.07) is 22.3. The number of nitro benzene ring substituents is 1. The smallest absolute Gasteiger partial charge is 0.270 e. The van der Waals surface area contributed by atoms with Gasteiger partial charge in [0.1, 0.15) is 5.75 Å². The Morgan fingerprint density at radius 2 is 1.70 bits per heavy atom. The molecule has 0 fully saturated rings. The highest BCUT2D eigenvalue weighted by Gasteiger charge is 2.15. The Morgan fingerprint density at radius 3 is 2.44 bits per heavy atom. The van der Waals surface area contributed by atoms with E-state index in [1.807, 2.05) is 54.6 Å². The number of aromatic nitrogens is 1. The third-order valence-electron chi connectivity index (χ3n) is 4.52. The van der Waals surface area contributed by atoms with Gasteiger partial charge in [-0.25, -0.2) is 0 Å². The molecule has 1 aromatic heterocycles. The minimum atomic E-state index is -0.384. The highest BCUT2D eigenvalue weighted by molar-refractivity contribution is 6.02. The van der Waals surface area contributed by atoms with E-state index >= 15 is 0 Å². The highest BCUT2D eigenvalue weighted by atomic mass is 16.6. The van der Waals surface area contributed by atoms with Gasteiger partial charge in [0.2, 0.25) is 0 Å². The van der Waals surface area contributed by atoms with Crippen LogP contribution in [0.4, 0.5) is 5.69 Å². The van der Waals surface area contributed by atoms with Crippen molar-refractivity contribution in [1.29, 1.82) is 0 Å². The summed E-state index contributed by atoms with van der Waals surface area (Å²) in [7, 11) is 1.63. The second kappa shape index (κ2) is 6.88. The second-order valence-corrected chi connectivity index (χ2v) is 6.10. The maximum Gasteiger partial charge on any atom is 0.270 e. The van der Waals surface area contributed by atoms with Crippen molar-refractivity contribution in [1.82, 2.24) is 4.98 Å². The van der Waals surface area contributed by atoms with Crippen LogP contribution in [0.3, 0.4) is 0 Å². The van der Waals surface area contributed by atoms with Crippen molar-refractivity contribution in [3.8, 4) is 28.0 Å². The van der Waals surface area contributed by atoms with Crippen molar-refractivity contribution in [2.75, 3.05) is 7.11 Å². The van der Waals surface area contributed by atoms with Crippen molar-refractivity contribution in [2.45, 2.75) is 0 Å². The number of para-hydroxylation sites is 1. The first-order valence-electron chi connectivity index (χ1n) is 8.44. The van der Waals surface area contributed by atoms with Gasteiger partial charge in [0.05, 0.1) is 17.5 Å². The Morgan fingerprint density at radius 1 is 0.926 bits per heavy atom. The van der Waals surface area contributed by atoms with Crippen LogP contribution in [0.15, 0.2) is 79.0 Å². The molecular formula is C22H16N2O3. The van der Waals surface area contributed by atoms with Crippen LogP contribution in [0.25, 0.3) is 33.2 Å². The molecule has 0 spiro atoms. The quantitative estimate of drug-likeness (QED) is 0.358. The summed E-state index contributed by atoms with van der Waals surface area (Å²) in [6.07, 6.45) is 1.78. The average molecular weight is 356 g/mol. The minimum Gasteiger partial charge on any atom is -0.497 e. The lowest BCUT2D eigenvalue weighted by Gasteiger charge is -2.14. The minimum absolute atomic E-state index is 0.0568. The van der Waals surface area contributed by atoms with E-state index in [0.717, 1.165) is 38.9 Å². The largest absolute Gasteiger partial charge is 0.497 e. The summed E-state index contributed by atoms with van der Waals surface area (Å²) in [4.78, 5) is 15.4. The Kier molecular flexibility index (Phi) is 4.26. The zero-order valence-corrected chi connectivity index (χ0v) is 14.6. The summed E-state index contributed by atoms with van der Waals surface area (Å²) >= 11 is 0. The van der Waals surface area contributed by atoms with Crippen molar-refractivity contribution in [3.63, 3.8) is 0 Å². The predicted octanol–water partition coefficient (Wildman–Crippen LogP) is 5.49. The molecule has 0 atom stereocenters. The zero-order chi connectivity index (χ0) is 18.8. The van der Waals surface area contributed by atoms with E-state index < -0.39 is 0 Å². The standard InChI is InChI=1S/C22H16N2O3/c1-27-18-11-9-15(10-12-18)22-19-7-2-3-8-21(19)23-14-20(22)16-5-4-6-17(13-16)24(25)26/h2-14H,1H3. The number of methoxy groups -OCH3 is 1. The summed E-state index contributed by atoms with van der Waals surface area (Å²) in [5.41, 5.74) is 4.52. The van der Waals surface area contributed by atoms with Gasteiger partial charge in [-0.2, -0.15) is 0 Å². The molecule has 5 nitrogen and oxygen atoms in total. The maximum absolute atomic E-state index is 11.2. The molecule has 0 bridgehead atoms. The first-order chi connectivity index (χ1) is 13.2. The maximum atomic E-state index is 11.2. The number of benzene rings is 3. The van der Waals surface area contributed by atoms with Crippen LogP contribution < -0.4 is 4.74 Å². The molecule has 4 aromatic rings. The van der Waals surface area contributed by atoms with Gasteiger partial charge >= 0.3 is 0 Å². The van der Waals surface area contributed by atoms with Gasteiger partial charge in [0, 0.05) is 34.8 Å². The number of nitro groups is 1. The van der Waals surface area contributed by atoms with E-state index in [9.17, 15) is 10.1 Å². The summed E-state index contributed by atoms with van der Waals surface area (Å²) < 4.78 is 5.26. The van der Waals surface area contributed by atoms with Crippen LogP contribution >= 0.6 is 0 Å². The lowest BCUT2D eigenvalue weighted by atomic mass is 9.92. The van der Waals surface area contributed by atoms with Crippen LogP contribution in [0.5, 0.6) is 5.75 Å². The van der Waals surface area contributed by atoms with Gasteiger partial charge < -0.3 is 4.74 Å². The number of hydrogen-bond donors (Lipinski definition) is 0. The predicted molar refractivity (Wildman–Crippen MR) is 106 cm³/mol. The lowest BCUT2D eigenvalue weighted by molar-refractivity contribution is -0.384. The van der Waals surface area contributed by atoms with Gasteiger partial charge in [-0.05, 0) is 29.3 Å². The van der Waals surface area contributed by atoms with E-state index in [0.29, 0.717) is 0 Å². The fourth-order valence-corrected chi connectivity index (χ4v) is 3.22. The van der Waals surface area contributed by atoms with Gasteiger partial charge in [0.25, 0.3) is 5.69 Å². The summed E-state index contributed by atoms with van der Waals surface area (Å²) in [5, 5.41) is 12.2. The normalized spacial score (nSPS) is 10.7. The first kappa shape index (κ1) is 16.7. The SMILES string of the molecule is COc1ccc(-c2c(-c3cccc([N+](=O)[O-])c3)cnc3ccccc23)cc1. The number of nitrogens with zero attached hydrogens (tertiary/aromatic N) is 2. The molecule has 0 radical (unpaired) electrons. The molecule has 0 saturated carbocycles. The third kappa shape index (κ3) is 3.11. The number of ether oxygens (including phenoxy) is 1. The van der Waals surface area contributed by atoms with E-state index in [4.69, 9.17) is 4.74 Å². The molecule has 3 aromatic carbocycles. The van der Waals surface area contributed by atoms with Gasteiger partial charge in [0.15, 0.2) is 0 Å². The van der Waals surface area contributed by atoms with Crippen LogP contribution in [-0.2, 0) is 0 Å². The van der Waals surface area contributed by atoms with E-state index in [1.165, 1.54) is 6.07 Å². The van der Waals surface area contributed by atoms with Crippen LogP contribution in [0.2, 0.25) is 0 Å². The number of fused-ring (bicyclic) bond motifs is 1. The zero-order valence-electron chi connectivity index (χ0n) is 14.6. The molecule has 0 amide bonds. The number of hydrogen-bond acceptors (Lipinski definition) is 4. The highest BCUT2D eigenvalue weighted by Crippen LogP contribution is 2.38. The van der Waals surface area contributed by atoms with E-state index in [-0.39, 0.29) is 10.6 Å². The third-order valence-corrected chi connectivity index (χ3v) is 4.52. The molecular weight excluding hydrogens is 340 g/mol. The van der Waals surface area contributed by atoms with Crippen LogP contribution in [0, 0.1) is 10.1 Å². The molecule has 0 aliphatic rings. The Balaban J connectivity index is 2.00. The molecule has 0 aliphatic carbocycles. The number of rotatable bonds is 4. The molecule has 4 rings (SSSR count). The second-order valence-electron chi connectivity index (χ2n) is 6.10. The van der Waals surface area contributed by atoms with Crippen molar-refractivity contribution in [3.05, 3.63) is 89.1 Å². The van der Waals surface area contributed by atoms with Gasteiger partial charge in [-0.1, -0.05) is 42.5 Å². The molecule has 5 heteroatoms. The molecule has 27 heavy (non-hydrogen) atoms. The Hall–Kier alpha value is -3.73. The van der Waals surface area contributed by atoms with E-state index in [2.05, 4.69) is 4.98 Å². The topological polar surface area (TPSA) is 65.3 Å². The fourth-order valence-electron chi connectivity index (χ4n) is 3.22. The summed E-state index contributed by atoms with van der Waals surface area (Å²) in [5.74, 6) is 0.772. The molecule has 132 valence electrons. The summed E-state index contributed by atoms with van der Waals surface area (Å²) in [6.45, 7) is 0. The van der Waals surface area contributed by atoms with Crippen molar-refractivity contribution < 1.29 is 9.66 Å². The first-order valence-corrected chi connectivity index (χ1v) is 8.44. The molecule has 0 aliphatic heterocycles. The Bertz CT molecular complexity index is 1140. The molecule has 0 saturated heterocycles. The van der Waals surface area contributed by atoms with Gasteiger partial charge in [-0.15, -0.1) is 0 Å². The number of pyridine rings is 1. The van der Waals surface area contributed by atoms with Crippen LogP contribution in [0.1, 0.15) is 0 Å². The fraction of sp³-hybridized carbons (Fsp3) is 0.0455. The average Bonchev–Trinajstić information content (AvgIpc) is 2.73. The molecule has 0 N–H and O–H groups in total. The molecule has 1 heterocycles. The molecule has 0 unspecified atom stereocenters. The van der Waals surface area contributed by atoms with Crippen LogP contribution in [-0.4, -0.2) is 17.0 Å².